The molecule has 2 saturated carbocycles. The Morgan fingerprint density at radius 2 is 1.81 bits per heavy atom. The molecule has 0 amide bonds. The van der Waals surface area contributed by atoms with Crippen molar-refractivity contribution in [2.45, 2.75) is 97.4 Å². The van der Waals surface area contributed by atoms with Crippen molar-refractivity contribution in [2.24, 2.45) is 40.4 Å². The van der Waals surface area contributed by atoms with Gasteiger partial charge in [-0.15, -0.1) is 0 Å². The fourth-order valence-electron chi connectivity index (χ4n) is 8.01. The van der Waals surface area contributed by atoms with Gasteiger partial charge >= 0.3 is 0 Å². The van der Waals surface area contributed by atoms with E-state index in [-0.39, 0.29) is 16.9 Å². The summed E-state index contributed by atoms with van der Waals surface area (Å²) >= 11 is 0. The van der Waals surface area contributed by atoms with Crippen molar-refractivity contribution in [1.29, 1.82) is 0 Å². The van der Waals surface area contributed by atoms with E-state index in [1.165, 1.54) is 18.4 Å². The van der Waals surface area contributed by atoms with E-state index in [0.717, 1.165) is 19.3 Å². The molecule has 9 atom stereocenters. The average Bonchev–Trinajstić information content (AvgIpc) is 3.09. The molecule has 6 aliphatic rings. The molecule has 3 fully saturated rings. The highest BCUT2D eigenvalue weighted by atomic mass is 17.2. The molecule has 0 aromatic heterocycles. The molecule has 2 bridgehead atoms. The van der Waals surface area contributed by atoms with Gasteiger partial charge < -0.3 is 5.11 Å². The second-order valence-electron chi connectivity index (χ2n) is 12.3. The van der Waals surface area contributed by atoms with Crippen molar-refractivity contribution < 1.29 is 14.9 Å². The number of allylic oxidation sites excluding steroid dienone is 3. The second kappa shape index (κ2) is 7.05. The van der Waals surface area contributed by atoms with Crippen LogP contribution in [0.4, 0.5) is 0 Å². The third-order valence-corrected chi connectivity index (χ3v) is 10.5. The molecule has 0 unspecified atom stereocenters. The first-order chi connectivity index (χ1) is 14.6. The lowest BCUT2D eigenvalue weighted by molar-refractivity contribution is -0.455. The Morgan fingerprint density at radius 3 is 2.48 bits per heavy atom. The number of hydrogen-bond donors (Lipinski definition) is 1. The fourth-order valence-corrected chi connectivity index (χ4v) is 8.01. The zero-order valence-electron chi connectivity index (χ0n) is 20.4. The van der Waals surface area contributed by atoms with Crippen LogP contribution in [-0.2, 0) is 9.78 Å². The van der Waals surface area contributed by atoms with Gasteiger partial charge in [-0.2, -0.15) is 0 Å². The molecule has 3 heteroatoms. The lowest BCUT2D eigenvalue weighted by atomic mass is 9.47. The van der Waals surface area contributed by atoms with E-state index in [4.69, 9.17) is 9.78 Å². The van der Waals surface area contributed by atoms with E-state index in [2.05, 4.69) is 71.9 Å². The first kappa shape index (κ1) is 21.9. The molecular formula is C28H42O3. The van der Waals surface area contributed by atoms with Gasteiger partial charge in [-0.25, -0.2) is 9.78 Å². The Balaban J connectivity index is 1.48. The summed E-state index contributed by atoms with van der Waals surface area (Å²) < 4.78 is 0. The lowest BCUT2D eigenvalue weighted by Gasteiger charge is -2.66. The maximum absolute atomic E-state index is 10.4. The fraction of sp³-hybridized carbons (Fsp3) is 0.786. The number of rotatable bonds is 4. The van der Waals surface area contributed by atoms with Crippen molar-refractivity contribution in [3.05, 3.63) is 36.0 Å². The number of aliphatic hydroxyl groups excluding tert-OH is 1. The van der Waals surface area contributed by atoms with Gasteiger partial charge in [0.15, 0.2) is 0 Å². The zero-order chi connectivity index (χ0) is 22.2. The summed E-state index contributed by atoms with van der Waals surface area (Å²) in [6, 6.07) is 0. The van der Waals surface area contributed by atoms with Crippen molar-refractivity contribution >= 4 is 0 Å². The van der Waals surface area contributed by atoms with Gasteiger partial charge in [0, 0.05) is 17.8 Å². The van der Waals surface area contributed by atoms with Crippen LogP contribution in [0.15, 0.2) is 36.0 Å². The summed E-state index contributed by atoms with van der Waals surface area (Å²) in [7, 11) is 0. The third kappa shape index (κ3) is 2.82. The number of hydrogen-bond acceptors (Lipinski definition) is 3. The van der Waals surface area contributed by atoms with E-state index >= 15 is 0 Å². The maximum atomic E-state index is 10.4. The Morgan fingerprint density at radius 1 is 1.03 bits per heavy atom. The summed E-state index contributed by atoms with van der Waals surface area (Å²) in [4.78, 5) is 12.6. The first-order valence-electron chi connectivity index (χ1n) is 12.7. The molecule has 31 heavy (non-hydrogen) atoms. The van der Waals surface area contributed by atoms with Crippen LogP contribution in [0.2, 0.25) is 0 Å². The molecule has 1 N–H and O–H groups in total. The predicted octanol–water partition coefficient (Wildman–Crippen LogP) is 6.39. The molecule has 1 saturated heterocycles. The van der Waals surface area contributed by atoms with Crippen molar-refractivity contribution in [3.8, 4) is 0 Å². The minimum atomic E-state index is -0.507. The minimum absolute atomic E-state index is 0.0726. The summed E-state index contributed by atoms with van der Waals surface area (Å²) in [6.07, 6.45) is 17.8. The van der Waals surface area contributed by atoms with Crippen LogP contribution in [0.25, 0.3) is 0 Å². The van der Waals surface area contributed by atoms with Gasteiger partial charge in [0.05, 0.1) is 6.10 Å². The SMILES string of the molecule is CC(C)[C@H](C)C=C[C@@H](C)[C@H]1CC[C@H]2[C@]1(C)CC=C1[C@]23C=C[C@]2(C[C@@H](O)CC[C@]12C)OO3. The van der Waals surface area contributed by atoms with Crippen LogP contribution in [0.5, 0.6) is 0 Å². The quantitative estimate of drug-likeness (QED) is 0.418. The topological polar surface area (TPSA) is 38.7 Å². The predicted molar refractivity (Wildman–Crippen MR) is 124 cm³/mol. The van der Waals surface area contributed by atoms with Crippen LogP contribution in [0.3, 0.4) is 0 Å². The highest BCUT2D eigenvalue weighted by Crippen LogP contribution is 2.71. The minimum Gasteiger partial charge on any atom is -0.393 e. The van der Waals surface area contributed by atoms with Gasteiger partial charge in [-0.05, 0) is 78.9 Å². The standard InChI is InChI=1S/C28H42O3/c1-18(2)19(3)7-8-20(4)22-9-10-23-25(22,5)13-12-24-26(6)14-11-21(29)17-27(26)15-16-28(23,24)31-30-27/h7-8,12,15-16,18-23,29H,9-11,13-14,17H2,1-6H3/t19-,20-,21+,22-,23+,25-,26-,27-,28+/m1/s1. The van der Waals surface area contributed by atoms with Gasteiger partial charge in [0.25, 0.3) is 0 Å². The summed E-state index contributed by atoms with van der Waals surface area (Å²) in [5, 5.41) is 10.4. The van der Waals surface area contributed by atoms with Crippen molar-refractivity contribution in [3.63, 3.8) is 0 Å². The molecule has 4 aliphatic carbocycles. The Kier molecular flexibility index (Phi) is 4.98. The number of fused-ring (bicyclic) bond motifs is 2. The molecule has 0 radical (unpaired) electrons. The Bertz CT molecular complexity index is 826. The smallest absolute Gasteiger partial charge is 0.147 e. The molecule has 2 aliphatic heterocycles. The molecule has 3 nitrogen and oxygen atoms in total. The molecule has 0 aromatic carbocycles. The summed E-state index contributed by atoms with van der Waals surface area (Å²) in [5.74, 6) is 2.98. The largest absolute Gasteiger partial charge is 0.393 e. The van der Waals surface area contributed by atoms with E-state index in [1.54, 1.807) is 0 Å². The second-order valence-corrected chi connectivity index (χ2v) is 12.3. The van der Waals surface area contributed by atoms with Crippen molar-refractivity contribution in [1.82, 2.24) is 0 Å². The third-order valence-electron chi connectivity index (χ3n) is 10.5. The van der Waals surface area contributed by atoms with E-state index in [1.807, 2.05) is 0 Å². The van der Waals surface area contributed by atoms with Crippen molar-refractivity contribution in [2.75, 3.05) is 0 Å². The van der Waals surface area contributed by atoms with Gasteiger partial charge in [0.1, 0.15) is 11.2 Å². The van der Waals surface area contributed by atoms with Gasteiger partial charge in [-0.3, -0.25) is 0 Å². The molecule has 172 valence electrons. The van der Waals surface area contributed by atoms with E-state index in [0.29, 0.717) is 36.0 Å². The molecule has 6 rings (SSSR count). The first-order valence-corrected chi connectivity index (χ1v) is 12.7. The summed E-state index contributed by atoms with van der Waals surface area (Å²) in [5.41, 5.74) is 0.656. The van der Waals surface area contributed by atoms with E-state index in [9.17, 15) is 5.11 Å². The highest BCUT2D eigenvalue weighted by Gasteiger charge is 2.71. The molecular weight excluding hydrogens is 384 g/mol. The van der Waals surface area contributed by atoms with E-state index < -0.39 is 11.2 Å². The highest BCUT2D eigenvalue weighted by molar-refractivity contribution is 5.48. The summed E-state index contributed by atoms with van der Waals surface area (Å²) in [6.45, 7) is 14.2. The van der Waals surface area contributed by atoms with Gasteiger partial charge in [0.2, 0.25) is 0 Å². The average molecular weight is 427 g/mol. The maximum Gasteiger partial charge on any atom is 0.147 e. The van der Waals surface area contributed by atoms with Crippen LogP contribution in [-0.4, -0.2) is 22.4 Å². The number of aliphatic hydroxyl groups is 1. The normalized spacial score (nSPS) is 50.2. The van der Waals surface area contributed by atoms with Crippen LogP contribution >= 0.6 is 0 Å². The van der Waals surface area contributed by atoms with Crippen LogP contribution < -0.4 is 0 Å². The van der Waals surface area contributed by atoms with Gasteiger partial charge in [-0.1, -0.05) is 59.8 Å². The molecule has 2 heterocycles. The lowest BCUT2D eigenvalue weighted by Crippen LogP contribution is -2.69. The Hall–Kier alpha value is -0.900. The molecule has 0 aromatic rings. The Labute approximate surface area is 188 Å². The van der Waals surface area contributed by atoms with Crippen LogP contribution in [0.1, 0.15) is 80.1 Å². The monoisotopic (exact) mass is 426 g/mol. The zero-order valence-corrected chi connectivity index (χ0v) is 20.4. The van der Waals surface area contributed by atoms with Crippen LogP contribution in [0, 0.1) is 40.4 Å². The molecule has 2 spiro atoms.